The van der Waals surface area contributed by atoms with Gasteiger partial charge in [0.1, 0.15) is 5.52 Å². The molecule has 0 bridgehead atoms. The molecule has 30 heavy (non-hydrogen) atoms. The van der Waals surface area contributed by atoms with Crippen LogP contribution in [0.15, 0.2) is 65.8 Å². The number of nitrogens with one attached hydrogen (secondary N) is 1. The molecule has 0 aliphatic heterocycles. The average Bonchev–Trinajstić information content (AvgIpc) is 3.16. The number of sulfone groups is 1. The number of benzene rings is 2. The van der Waals surface area contributed by atoms with Crippen LogP contribution in [0.25, 0.3) is 33.5 Å². The Morgan fingerprint density at radius 2 is 1.73 bits per heavy atom. The summed E-state index contributed by atoms with van der Waals surface area (Å²) < 4.78 is 24.7. The largest absolute Gasteiger partial charge is 0.366 e. The van der Waals surface area contributed by atoms with Gasteiger partial charge in [0.15, 0.2) is 15.5 Å². The van der Waals surface area contributed by atoms with E-state index < -0.39 is 21.0 Å². The minimum absolute atomic E-state index is 0.271. The molecular formula is C22H20N4O3S. The van der Waals surface area contributed by atoms with E-state index in [2.05, 4.69) is 9.97 Å². The van der Waals surface area contributed by atoms with E-state index in [-0.39, 0.29) is 4.90 Å². The van der Waals surface area contributed by atoms with E-state index in [9.17, 15) is 13.2 Å². The second kappa shape index (κ2) is 7.38. The van der Waals surface area contributed by atoms with Crippen molar-refractivity contribution in [3.63, 3.8) is 0 Å². The molecule has 0 aliphatic carbocycles. The summed E-state index contributed by atoms with van der Waals surface area (Å²) in [6, 6.07) is 13.6. The molecule has 0 saturated carbocycles. The van der Waals surface area contributed by atoms with Crippen molar-refractivity contribution < 1.29 is 13.2 Å². The van der Waals surface area contributed by atoms with E-state index in [1.807, 2.05) is 12.1 Å². The fourth-order valence-corrected chi connectivity index (χ4v) is 4.32. The van der Waals surface area contributed by atoms with Crippen LogP contribution >= 0.6 is 0 Å². The molecule has 3 N–H and O–H groups in total. The van der Waals surface area contributed by atoms with E-state index in [4.69, 9.17) is 10.7 Å². The third kappa shape index (κ3) is 3.35. The van der Waals surface area contributed by atoms with Gasteiger partial charge in [-0.25, -0.2) is 18.4 Å². The Kier molecular flexibility index (Phi) is 4.87. The molecule has 4 aromatic rings. The first kappa shape index (κ1) is 19.8. The number of aromatic amines is 1. The number of nitrogens with zero attached hydrogens (tertiary/aromatic N) is 2. The van der Waals surface area contributed by atoms with Crippen LogP contribution in [0, 0.1) is 0 Å². The lowest BCUT2D eigenvalue weighted by Crippen LogP contribution is -2.13. The Bertz CT molecular complexity index is 1360. The lowest BCUT2D eigenvalue weighted by molar-refractivity contribution is 0.100. The van der Waals surface area contributed by atoms with Crippen LogP contribution in [0.4, 0.5) is 0 Å². The smallest absolute Gasteiger partial charge is 0.249 e. The molecule has 2 aromatic carbocycles. The average molecular weight is 420 g/mol. The maximum absolute atomic E-state index is 12.3. The van der Waals surface area contributed by atoms with Crippen LogP contribution in [0.3, 0.4) is 0 Å². The van der Waals surface area contributed by atoms with Gasteiger partial charge in [-0.2, -0.15) is 0 Å². The minimum atomic E-state index is -3.34. The first-order valence-corrected chi connectivity index (χ1v) is 10.9. The summed E-state index contributed by atoms with van der Waals surface area (Å²) in [4.78, 5) is 24.3. The molecule has 1 amide bonds. The number of hydrogen-bond donors (Lipinski definition) is 2. The van der Waals surface area contributed by atoms with Crippen LogP contribution in [-0.4, -0.2) is 34.5 Å². The molecule has 8 heteroatoms. The number of fused-ring (bicyclic) bond motifs is 1. The molecule has 2 heterocycles. The third-order valence-electron chi connectivity index (χ3n) is 4.96. The molecule has 0 aliphatic rings. The molecule has 0 radical (unpaired) electrons. The van der Waals surface area contributed by atoms with Gasteiger partial charge in [0.05, 0.1) is 22.0 Å². The van der Waals surface area contributed by atoms with Crippen molar-refractivity contribution in [2.24, 2.45) is 5.73 Å². The van der Waals surface area contributed by atoms with Crippen molar-refractivity contribution in [1.29, 1.82) is 0 Å². The third-order valence-corrected chi connectivity index (χ3v) is 7.13. The van der Waals surface area contributed by atoms with Gasteiger partial charge in [-0.1, -0.05) is 30.3 Å². The highest BCUT2D eigenvalue weighted by Gasteiger charge is 2.19. The monoisotopic (exact) mass is 420 g/mol. The summed E-state index contributed by atoms with van der Waals surface area (Å²) in [7, 11) is -3.34. The van der Waals surface area contributed by atoms with E-state index in [0.29, 0.717) is 33.5 Å². The van der Waals surface area contributed by atoms with Crippen LogP contribution in [0.2, 0.25) is 0 Å². The minimum Gasteiger partial charge on any atom is -0.366 e. The predicted octanol–water partition coefficient (Wildman–Crippen LogP) is 3.57. The quantitative estimate of drug-likeness (QED) is 0.511. The van der Waals surface area contributed by atoms with E-state index in [0.717, 1.165) is 5.56 Å². The second-order valence-corrected chi connectivity index (χ2v) is 9.69. The molecule has 0 unspecified atom stereocenters. The zero-order chi connectivity index (χ0) is 21.5. The van der Waals surface area contributed by atoms with Gasteiger partial charge in [0, 0.05) is 22.9 Å². The fourth-order valence-electron chi connectivity index (χ4n) is 3.26. The molecule has 4 rings (SSSR count). The van der Waals surface area contributed by atoms with Crippen molar-refractivity contribution in [2.45, 2.75) is 24.0 Å². The lowest BCUT2D eigenvalue weighted by Gasteiger charge is -2.09. The molecule has 2 aromatic heterocycles. The number of carbonyl (C=O) groups excluding carboxylic acids is 1. The normalized spacial score (nSPS) is 11.8. The van der Waals surface area contributed by atoms with Gasteiger partial charge in [0.2, 0.25) is 5.91 Å². The summed E-state index contributed by atoms with van der Waals surface area (Å²) >= 11 is 0. The molecule has 0 saturated heterocycles. The second-order valence-electron chi connectivity index (χ2n) is 7.18. The number of rotatable bonds is 5. The Morgan fingerprint density at radius 1 is 1.03 bits per heavy atom. The fraction of sp³-hybridized carbons (Fsp3) is 0.136. The van der Waals surface area contributed by atoms with E-state index in [1.165, 1.54) is 0 Å². The van der Waals surface area contributed by atoms with Gasteiger partial charge in [-0.3, -0.25) is 4.79 Å². The van der Waals surface area contributed by atoms with Crippen LogP contribution in [0.5, 0.6) is 0 Å². The highest BCUT2D eigenvalue weighted by molar-refractivity contribution is 7.92. The van der Waals surface area contributed by atoms with Gasteiger partial charge >= 0.3 is 0 Å². The van der Waals surface area contributed by atoms with E-state index in [1.54, 1.807) is 62.6 Å². The van der Waals surface area contributed by atoms with E-state index >= 15 is 0 Å². The highest BCUT2D eigenvalue weighted by atomic mass is 32.2. The number of H-pyrrole nitrogens is 1. The van der Waals surface area contributed by atoms with Crippen molar-refractivity contribution in [3.05, 3.63) is 66.5 Å². The Labute approximate surface area is 173 Å². The van der Waals surface area contributed by atoms with Gasteiger partial charge in [0.25, 0.3) is 0 Å². The number of primary amides is 1. The standard InChI is InChI=1S/C22H20N4O3S/c1-13(2)30(28,29)15-9-7-14(8-10-15)19-12-25-22-20(26-19)18(11-24-22)16-5-3-4-6-17(16)21(23)27/h3-13H,1-2H3,(H2,23,27)(H,24,25). The number of hydrogen-bond acceptors (Lipinski definition) is 5. The van der Waals surface area contributed by atoms with Gasteiger partial charge < -0.3 is 10.7 Å². The summed E-state index contributed by atoms with van der Waals surface area (Å²) in [5.74, 6) is -0.522. The van der Waals surface area contributed by atoms with Crippen LogP contribution < -0.4 is 5.73 Å². The van der Waals surface area contributed by atoms with Crippen LogP contribution in [0.1, 0.15) is 24.2 Å². The van der Waals surface area contributed by atoms with Crippen LogP contribution in [-0.2, 0) is 9.84 Å². The zero-order valence-electron chi connectivity index (χ0n) is 16.5. The maximum atomic E-state index is 12.3. The highest BCUT2D eigenvalue weighted by Crippen LogP contribution is 2.31. The molecule has 0 atom stereocenters. The number of aromatic nitrogens is 3. The zero-order valence-corrected chi connectivity index (χ0v) is 17.3. The topological polar surface area (TPSA) is 119 Å². The first-order chi connectivity index (χ1) is 14.3. The lowest BCUT2D eigenvalue weighted by atomic mass is 10.0. The summed E-state index contributed by atoms with van der Waals surface area (Å²) in [5.41, 5.74) is 9.80. The molecule has 152 valence electrons. The SMILES string of the molecule is CC(C)S(=O)(=O)c1ccc(-c2cnc3[nH]cc(-c4ccccc4C(N)=O)c3n2)cc1. The van der Waals surface area contributed by atoms with Crippen molar-refractivity contribution in [2.75, 3.05) is 0 Å². The summed E-state index contributed by atoms with van der Waals surface area (Å²) in [5, 5.41) is -0.493. The molecule has 0 fully saturated rings. The van der Waals surface area contributed by atoms with Gasteiger partial charge in [-0.05, 0) is 37.6 Å². The molecule has 7 nitrogen and oxygen atoms in total. The number of amides is 1. The van der Waals surface area contributed by atoms with Crippen molar-refractivity contribution in [1.82, 2.24) is 15.0 Å². The van der Waals surface area contributed by atoms with Crippen molar-refractivity contribution in [3.8, 4) is 22.4 Å². The predicted molar refractivity (Wildman–Crippen MR) is 116 cm³/mol. The van der Waals surface area contributed by atoms with Gasteiger partial charge in [-0.15, -0.1) is 0 Å². The molecule has 0 spiro atoms. The Balaban J connectivity index is 1.80. The summed E-state index contributed by atoms with van der Waals surface area (Å²) in [6.07, 6.45) is 3.36. The molecular weight excluding hydrogens is 400 g/mol. The number of nitrogens with two attached hydrogens (primary N) is 1. The first-order valence-electron chi connectivity index (χ1n) is 9.36. The Morgan fingerprint density at radius 3 is 2.40 bits per heavy atom. The summed E-state index contributed by atoms with van der Waals surface area (Å²) in [6.45, 7) is 3.31. The Hall–Kier alpha value is -3.52. The number of carbonyl (C=O) groups is 1. The maximum Gasteiger partial charge on any atom is 0.249 e. The van der Waals surface area contributed by atoms with Crippen molar-refractivity contribution >= 4 is 26.9 Å².